The summed E-state index contributed by atoms with van der Waals surface area (Å²) in [6.07, 6.45) is 2.49. The molecule has 19 heavy (non-hydrogen) atoms. The molecular weight excluding hydrogens is 240 g/mol. The van der Waals surface area contributed by atoms with Crippen LogP contribution in [-0.4, -0.2) is 23.5 Å². The van der Waals surface area contributed by atoms with Crippen molar-refractivity contribution in [2.45, 2.75) is 46.6 Å². The van der Waals surface area contributed by atoms with E-state index in [0.29, 0.717) is 11.4 Å². The van der Waals surface area contributed by atoms with Crippen molar-refractivity contribution >= 4 is 5.91 Å². The molecule has 0 atom stereocenters. The Labute approximate surface area is 115 Å². The number of hydrogen-bond donors (Lipinski definition) is 1. The molecule has 0 unspecified atom stereocenters. The van der Waals surface area contributed by atoms with Crippen LogP contribution in [0, 0.1) is 5.41 Å². The first-order valence-corrected chi connectivity index (χ1v) is 6.46. The molecule has 1 aromatic heterocycles. The standard InChI is InChI=1S/C15H24N2O2/c1-14(2,3)10-15(4,5)17-12(18)11-8-7-9-16-13(11)19-6/h7-9H,10H2,1-6H3,(H,17,18). The Balaban J connectivity index is 2.85. The van der Waals surface area contributed by atoms with Crippen molar-refractivity contribution in [3.63, 3.8) is 0 Å². The van der Waals surface area contributed by atoms with Crippen LogP contribution in [0.25, 0.3) is 0 Å². The van der Waals surface area contributed by atoms with Gasteiger partial charge in [-0.3, -0.25) is 4.79 Å². The van der Waals surface area contributed by atoms with Crippen LogP contribution in [0.2, 0.25) is 0 Å². The van der Waals surface area contributed by atoms with Crippen molar-refractivity contribution < 1.29 is 9.53 Å². The molecule has 1 aromatic rings. The van der Waals surface area contributed by atoms with Gasteiger partial charge in [-0.15, -0.1) is 0 Å². The molecule has 1 rings (SSSR count). The maximum absolute atomic E-state index is 12.3. The van der Waals surface area contributed by atoms with E-state index in [0.717, 1.165) is 6.42 Å². The third-order valence-corrected chi connectivity index (χ3v) is 2.63. The van der Waals surface area contributed by atoms with E-state index in [2.05, 4.69) is 31.1 Å². The Bertz CT molecular complexity index is 448. The van der Waals surface area contributed by atoms with E-state index in [4.69, 9.17) is 4.74 Å². The Hall–Kier alpha value is -1.58. The number of pyridine rings is 1. The molecule has 0 aliphatic carbocycles. The quantitative estimate of drug-likeness (QED) is 0.909. The highest BCUT2D eigenvalue weighted by Gasteiger charge is 2.28. The van der Waals surface area contributed by atoms with Gasteiger partial charge in [0, 0.05) is 11.7 Å². The molecule has 0 aromatic carbocycles. The largest absolute Gasteiger partial charge is 0.480 e. The molecule has 0 saturated carbocycles. The maximum atomic E-state index is 12.3. The molecule has 1 N–H and O–H groups in total. The second kappa shape index (κ2) is 5.59. The molecule has 1 heterocycles. The summed E-state index contributed by atoms with van der Waals surface area (Å²) in [6, 6.07) is 3.45. The third-order valence-electron chi connectivity index (χ3n) is 2.63. The van der Waals surface area contributed by atoms with Gasteiger partial charge < -0.3 is 10.1 Å². The van der Waals surface area contributed by atoms with Crippen LogP contribution in [0.4, 0.5) is 0 Å². The van der Waals surface area contributed by atoms with E-state index >= 15 is 0 Å². The molecule has 0 bridgehead atoms. The molecule has 0 aliphatic heterocycles. The Morgan fingerprint density at radius 1 is 1.32 bits per heavy atom. The summed E-state index contributed by atoms with van der Waals surface area (Å²) in [5.74, 6) is 0.200. The molecule has 0 aliphatic rings. The zero-order chi connectivity index (χ0) is 14.7. The number of carbonyl (C=O) groups excluding carboxylic acids is 1. The first-order valence-electron chi connectivity index (χ1n) is 6.46. The van der Waals surface area contributed by atoms with Crippen LogP contribution in [0.15, 0.2) is 18.3 Å². The molecule has 1 amide bonds. The normalized spacial score (nSPS) is 12.1. The topological polar surface area (TPSA) is 51.2 Å². The highest BCUT2D eigenvalue weighted by molar-refractivity contribution is 5.96. The van der Waals surface area contributed by atoms with Gasteiger partial charge in [-0.1, -0.05) is 20.8 Å². The van der Waals surface area contributed by atoms with Gasteiger partial charge in [0.2, 0.25) is 5.88 Å². The number of hydrogen-bond acceptors (Lipinski definition) is 3. The van der Waals surface area contributed by atoms with Crippen LogP contribution >= 0.6 is 0 Å². The molecule has 0 radical (unpaired) electrons. The summed E-state index contributed by atoms with van der Waals surface area (Å²) in [5, 5.41) is 3.04. The van der Waals surface area contributed by atoms with E-state index in [1.54, 1.807) is 18.3 Å². The van der Waals surface area contributed by atoms with Crippen molar-refractivity contribution in [1.82, 2.24) is 10.3 Å². The number of ether oxygens (including phenoxy) is 1. The van der Waals surface area contributed by atoms with E-state index in [9.17, 15) is 4.79 Å². The number of carbonyl (C=O) groups is 1. The fraction of sp³-hybridized carbons (Fsp3) is 0.600. The lowest BCUT2D eigenvalue weighted by Gasteiger charge is -2.33. The van der Waals surface area contributed by atoms with Crippen LogP contribution < -0.4 is 10.1 Å². The zero-order valence-electron chi connectivity index (χ0n) is 12.7. The average molecular weight is 264 g/mol. The summed E-state index contributed by atoms with van der Waals surface area (Å²) in [7, 11) is 1.51. The number of nitrogens with zero attached hydrogens (tertiary/aromatic N) is 1. The van der Waals surface area contributed by atoms with Crippen molar-refractivity contribution in [2.75, 3.05) is 7.11 Å². The van der Waals surface area contributed by atoms with Gasteiger partial charge in [0.1, 0.15) is 5.56 Å². The van der Waals surface area contributed by atoms with Crippen molar-refractivity contribution in [3.05, 3.63) is 23.9 Å². The maximum Gasteiger partial charge on any atom is 0.257 e. The Kier molecular flexibility index (Phi) is 4.56. The smallest absolute Gasteiger partial charge is 0.257 e. The molecule has 0 spiro atoms. The molecule has 4 nitrogen and oxygen atoms in total. The van der Waals surface area contributed by atoms with E-state index in [-0.39, 0.29) is 16.9 Å². The van der Waals surface area contributed by atoms with Gasteiger partial charge >= 0.3 is 0 Å². The van der Waals surface area contributed by atoms with Gasteiger partial charge in [-0.05, 0) is 37.8 Å². The number of nitrogens with one attached hydrogen (secondary N) is 1. The lowest BCUT2D eigenvalue weighted by molar-refractivity contribution is 0.0887. The fourth-order valence-electron chi connectivity index (χ4n) is 2.47. The lowest BCUT2D eigenvalue weighted by Crippen LogP contribution is -2.45. The highest BCUT2D eigenvalue weighted by atomic mass is 16.5. The summed E-state index contributed by atoms with van der Waals surface area (Å²) < 4.78 is 5.11. The molecule has 4 heteroatoms. The predicted octanol–water partition coefficient (Wildman–Crippen LogP) is 3.03. The number of aromatic nitrogens is 1. The van der Waals surface area contributed by atoms with Crippen LogP contribution in [-0.2, 0) is 0 Å². The van der Waals surface area contributed by atoms with Crippen molar-refractivity contribution in [3.8, 4) is 5.88 Å². The van der Waals surface area contributed by atoms with Gasteiger partial charge in [-0.2, -0.15) is 0 Å². The van der Waals surface area contributed by atoms with Gasteiger partial charge in [0.15, 0.2) is 0 Å². The van der Waals surface area contributed by atoms with Gasteiger partial charge in [-0.25, -0.2) is 4.98 Å². The minimum Gasteiger partial charge on any atom is -0.480 e. The summed E-state index contributed by atoms with van der Waals surface area (Å²) >= 11 is 0. The molecule has 0 fully saturated rings. The van der Waals surface area contributed by atoms with E-state index in [1.165, 1.54) is 7.11 Å². The monoisotopic (exact) mass is 264 g/mol. The highest BCUT2D eigenvalue weighted by Crippen LogP contribution is 2.27. The Morgan fingerprint density at radius 2 is 1.95 bits per heavy atom. The summed E-state index contributed by atoms with van der Waals surface area (Å²) in [4.78, 5) is 16.3. The first kappa shape index (κ1) is 15.5. The Morgan fingerprint density at radius 3 is 2.47 bits per heavy atom. The van der Waals surface area contributed by atoms with Crippen molar-refractivity contribution in [2.24, 2.45) is 5.41 Å². The molecule has 0 saturated heterocycles. The summed E-state index contributed by atoms with van der Waals surface area (Å²) in [6.45, 7) is 10.5. The van der Waals surface area contributed by atoms with E-state index < -0.39 is 0 Å². The SMILES string of the molecule is COc1ncccc1C(=O)NC(C)(C)CC(C)(C)C. The van der Waals surface area contributed by atoms with Gasteiger partial charge in [0.05, 0.1) is 7.11 Å². The van der Waals surface area contributed by atoms with E-state index in [1.807, 2.05) is 13.8 Å². The summed E-state index contributed by atoms with van der Waals surface area (Å²) in [5.41, 5.74) is 0.332. The first-order chi connectivity index (χ1) is 8.64. The van der Waals surface area contributed by atoms with Crippen LogP contribution in [0.1, 0.15) is 51.4 Å². The lowest BCUT2D eigenvalue weighted by atomic mass is 9.81. The van der Waals surface area contributed by atoms with Crippen molar-refractivity contribution in [1.29, 1.82) is 0 Å². The second-order valence-corrected chi connectivity index (χ2v) is 6.64. The number of amides is 1. The third kappa shape index (κ3) is 4.89. The second-order valence-electron chi connectivity index (χ2n) is 6.64. The average Bonchev–Trinajstić information content (AvgIpc) is 2.24. The van der Waals surface area contributed by atoms with Crippen LogP contribution in [0.5, 0.6) is 5.88 Å². The number of rotatable bonds is 4. The fourth-order valence-corrected chi connectivity index (χ4v) is 2.47. The molecular formula is C15H24N2O2. The predicted molar refractivity (Wildman–Crippen MR) is 76.4 cm³/mol. The minimum atomic E-state index is -0.282. The number of methoxy groups -OCH3 is 1. The van der Waals surface area contributed by atoms with Crippen LogP contribution in [0.3, 0.4) is 0 Å². The zero-order valence-corrected chi connectivity index (χ0v) is 12.7. The molecule has 106 valence electrons. The van der Waals surface area contributed by atoms with Gasteiger partial charge in [0.25, 0.3) is 5.91 Å². The minimum absolute atomic E-state index is 0.149.